The van der Waals surface area contributed by atoms with Crippen molar-refractivity contribution < 1.29 is 19.8 Å². The first kappa shape index (κ1) is 52.0. The molecule has 0 bridgehead atoms. The number of aromatic nitrogens is 9. The molecule has 6 N–H and O–H groups in total. The molecule has 376 valence electrons. The third-order valence-corrected chi connectivity index (χ3v) is 12.2. The number of nitrogens with one attached hydrogen (secondary N) is 4. The standard InChI is InChI=1S/C51H64Cl2N14O4/c1-10-23-65(30(2)3)49-59-47(56-21-19-54-43(68)17-11-31-24-35(50(4,5)6)45(70)41(26-31)66-61-37-15-13-33(52)28-39(37)63-66)58-48(60-49)57-22-20-55-44(69)18-12-32-25-36(51(7,8)9)46(71)42(27-32)67-62-38-16-14-34(53)29-40(38)64-67/h13-16,24-30,70-71H,10-12,17-23H2,1-9H3,(H,54,68)(H,55,69)(H2,56,57,58,59,60). The SMILES string of the molecule is CCCN(c1nc(NCCNC(=O)CCc2cc(-n3nc4ccc(Cl)cc4n3)c(O)c(C(C)(C)C)c2)nc(NCCNC(=O)CCc2cc(-n3nc4ccc(Cl)cc4n3)c(O)c(C(C)(C)C)c2)n1)C(C)C. The Morgan fingerprint density at radius 1 is 0.620 bits per heavy atom. The van der Waals surface area contributed by atoms with E-state index in [2.05, 4.69) is 72.3 Å². The largest absolute Gasteiger partial charge is 0.505 e. The van der Waals surface area contributed by atoms with Gasteiger partial charge in [-0.25, -0.2) is 0 Å². The highest BCUT2D eigenvalue weighted by atomic mass is 35.5. The number of aryl methyl sites for hydroxylation is 2. The first-order chi connectivity index (χ1) is 33.7. The Balaban J connectivity index is 0.936. The van der Waals surface area contributed by atoms with E-state index in [1.807, 2.05) is 65.8 Å². The smallest absolute Gasteiger partial charge is 0.232 e. The highest BCUT2D eigenvalue weighted by Crippen LogP contribution is 2.38. The van der Waals surface area contributed by atoms with Gasteiger partial charge in [0.2, 0.25) is 29.7 Å². The van der Waals surface area contributed by atoms with Crippen molar-refractivity contribution in [2.24, 2.45) is 0 Å². The predicted octanol–water partition coefficient (Wildman–Crippen LogP) is 8.60. The van der Waals surface area contributed by atoms with Gasteiger partial charge in [-0.3, -0.25) is 9.59 Å². The molecule has 4 aromatic carbocycles. The van der Waals surface area contributed by atoms with E-state index in [4.69, 9.17) is 33.2 Å². The van der Waals surface area contributed by atoms with Crippen LogP contribution in [0.5, 0.6) is 11.5 Å². The van der Waals surface area contributed by atoms with E-state index < -0.39 is 10.8 Å². The molecule has 0 radical (unpaired) electrons. The molecule has 0 saturated carbocycles. The molecule has 71 heavy (non-hydrogen) atoms. The van der Waals surface area contributed by atoms with Crippen LogP contribution < -0.4 is 26.2 Å². The summed E-state index contributed by atoms with van der Waals surface area (Å²) in [4.78, 5) is 45.3. The van der Waals surface area contributed by atoms with Gasteiger partial charge in [-0.15, -0.1) is 30.0 Å². The fraction of sp³-hybridized carbons (Fsp3) is 0.431. The number of aromatic hydroxyl groups is 2. The van der Waals surface area contributed by atoms with E-state index >= 15 is 0 Å². The number of anilines is 3. The average Bonchev–Trinajstić information content (AvgIpc) is 3.93. The zero-order chi connectivity index (χ0) is 51.2. The second-order valence-corrected chi connectivity index (χ2v) is 20.8. The minimum absolute atomic E-state index is 0.0791. The van der Waals surface area contributed by atoms with Crippen LogP contribution in [-0.4, -0.2) is 106 Å². The Kier molecular flexibility index (Phi) is 16.2. The molecule has 7 aromatic rings. The second-order valence-electron chi connectivity index (χ2n) is 19.9. The molecule has 3 aromatic heterocycles. The topological polar surface area (TPSA) is 226 Å². The van der Waals surface area contributed by atoms with Crippen LogP contribution in [-0.2, 0) is 33.3 Å². The van der Waals surface area contributed by atoms with Gasteiger partial charge in [0, 0.05) is 72.8 Å². The first-order valence-electron chi connectivity index (χ1n) is 24.0. The van der Waals surface area contributed by atoms with Crippen molar-refractivity contribution in [2.45, 2.75) is 111 Å². The summed E-state index contributed by atoms with van der Waals surface area (Å²) in [5.41, 5.74) is 5.70. The van der Waals surface area contributed by atoms with Crippen LogP contribution in [0.4, 0.5) is 17.8 Å². The second kappa shape index (κ2) is 22.1. The van der Waals surface area contributed by atoms with Crippen molar-refractivity contribution >= 4 is 74.9 Å². The van der Waals surface area contributed by atoms with E-state index in [9.17, 15) is 19.8 Å². The molecule has 3 heterocycles. The summed E-state index contributed by atoms with van der Waals surface area (Å²) < 4.78 is 0. The molecule has 0 spiro atoms. The number of benzene rings is 4. The summed E-state index contributed by atoms with van der Waals surface area (Å²) >= 11 is 12.4. The molecule has 7 rings (SSSR count). The number of rotatable bonds is 20. The lowest BCUT2D eigenvalue weighted by Gasteiger charge is -2.26. The minimum Gasteiger partial charge on any atom is -0.505 e. The van der Waals surface area contributed by atoms with E-state index in [0.717, 1.165) is 35.2 Å². The molecule has 0 unspecified atom stereocenters. The number of carbonyl (C=O) groups excluding carboxylic acids is 2. The zero-order valence-corrected chi connectivity index (χ0v) is 43.4. The highest BCUT2D eigenvalue weighted by molar-refractivity contribution is 6.31. The molecule has 2 amide bonds. The molecular weight excluding hydrogens is 944 g/mol. The molecule has 0 atom stereocenters. The Labute approximate surface area is 424 Å². The maximum Gasteiger partial charge on any atom is 0.232 e. The maximum absolute atomic E-state index is 13.2. The van der Waals surface area contributed by atoms with Crippen LogP contribution in [0.2, 0.25) is 10.0 Å². The van der Waals surface area contributed by atoms with Crippen molar-refractivity contribution in [3.63, 3.8) is 0 Å². The van der Waals surface area contributed by atoms with Gasteiger partial charge in [0.1, 0.15) is 44.9 Å². The van der Waals surface area contributed by atoms with Gasteiger partial charge in [0.15, 0.2) is 0 Å². The molecule has 20 heteroatoms. The van der Waals surface area contributed by atoms with Crippen molar-refractivity contribution in [3.8, 4) is 22.9 Å². The number of fused-ring (bicyclic) bond motifs is 2. The fourth-order valence-corrected chi connectivity index (χ4v) is 8.34. The molecule has 0 saturated heterocycles. The van der Waals surface area contributed by atoms with Crippen LogP contribution in [0.25, 0.3) is 33.4 Å². The normalized spacial score (nSPS) is 11.9. The molecule has 0 aliphatic rings. The molecule has 0 fully saturated rings. The van der Waals surface area contributed by atoms with Crippen molar-refractivity contribution in [1.29, 1.82) is 0 Å². The summed E-state index contributed by atoms with van der Waals surface area (Å²) in [5.74, 6) is 1.07. The monoisotopic (exact) mass is 1010 g/mol. The molecule has 0 aliphatic heterocycles. The number of nitrogens with zero attached hydrogens (tertiary/aromatic N) is 10. The van der Waals surface area contributed by atoms with Crippen LogP contribution in [0.1, 0.15) is 104 Å². The maximum atomic E-state index is 13.2. The van der Waals surface area contributed by atoms with E-state index in [-0.39, 0.29) is 42.2 Å². The summed E-state index contributed by atoms with van der Waals surface area (Å²) in [6, 6.07) is 18.1. The average molecular weight is 1010 g/mol. The van der Waals surface area contributed by atoms with Gasteiger partial charge in [0.25, 0.3) is 0 Å². The van der Waals surface area contributed by atoms with Crippen LogP contribution in [0.3, 0.4) is 0 Å². The number of hydrogen-bond acceptors (Lipinski definition) is 14. The van der Waals surface area contributed by atoms with Gasteiger partial charge in [-0.2, -0.15) is 15.0 Å². The Bertz CT molecular complexity index is 2840. The number of amides is 2. The fourth-order valence-electron chi connectivity index (χ4n) is 8.01. The van der Waals surface area contributed by atoms with Crippen LogP contribution >= 0.6 is 23.2 Å². The third-order valence-electron chi connectivity index (χ3n) is 11.7. The highest BCUT2D eigenvalue weighted by Gasteiger charge is 2.26. The summed E-state index contributed by atoms with van der Waals surface area (Å²) in [6.45, 7) is 20.4. The lowest BCUT2D eigenvalue weighted by Crippen LogP contribution is -2.34. The van der Waals surface area contributed by atoms with Gasteiger partial charge >= 0.3 is 0 Å². The summed E-state index contributed by atoms with van der Waals surface area (Å²) in [6.07, 6.45) is 2.17. The van der Waals surface area contributed by atoms with Crippen molar-refractivity contribution in [1.82, 2.24) is 55.6 Å². The Hall–Kier alpha value is -6.79. The quantitative estimate of drug-likeness (QED) is 0.0394. The van der Waals surface area contributed by atoms with Crippen molar-refractivity contribution in [2.75, 3.05) is 48.3 Å². The summed E-state index contributed by atoms with van der Waals surface area (Å²) in [7, 11) is 0. The van der Waals surface area contributed by atoms with Crippen LogP contribution in [0, 0.1) is 0 Å². The van der Waals surface area contributed by atoms with Crippen molar-refractivity contribution in [3.05, 3.63) is 93.0 Å². The van der Waals surface area contributed by atoms with Gasteiger partial charge in [-0.1, -0.05) is 83.8 Å². The van der Waals surface area contributed by atoms with Gasteiger partial charge in [-0.05, 0) is 104 Å². The number of hydrogen-bond donors (Lipinski definition) is 6. The summed E-state index contributed by atoms with van der Waals surface area (Å²) in [5, 5.41) is 54.6. The minimum atomic E-state index is -0.393. The molecule has 18 nitrogen and oxygen atoms in total. The Morgan fingerprint density at radius 3 is 1.44 bits per heavy atom. The van der Waals surface area contributed by atoms with Crippen LogP contribution in [0.15, 0.2) is 60.7 Å². The number of halogens is 2. The molecule has 0 aliphatic carbocycles. The Morgan fingerprint density at radius 2 is 1.04 bits per heavy atom. The van der Waals surface area contributed by atoms with Gasteiger partial charge in [0.05, 0.1) is 0 Å². The van der Waals surface area contributed by atoms with E-state index in [1.54, 1.807) is 36.4 Å². The number of phenols is 2. The predicted molar refractivity (Wildman–Crippen MR) is 281 cm³/mol. The number of phenolic OH excluding ortho intramolecular Hbond substituents is 2. The first-order valence-corrected chi connectivity index (χ1v) is 24.7. The lowest BCUT2D eigenvalue weighted by atomic mass is 9.84. The zero-order valence-electron chi connectivity index (χ0n) is 41.9. The third kappa shape index (κ3) is 13.1. The lowest BCUT2D eigenvalue weighted by molar-refractivity contribution is -0.121. The van der Waals surface area contributed by atoms with E-state index in [1.165, 1.54) is 9.59 Å². The number of carbonyl (C=O) groups is 2. The van der Waals surface area contributed by atoms with E-state index in [0.29, 0.717) is 100 Å². The molecular formula is C51H64Cl2N14O4. The van der Waals surface area contributed by atoms with Gasteiger partial charge < -0.3 is 36.4 Å².